The minimum atomic E-state index is -0.157. The molecule has 0 atom stereocenters. The first kappa shape index (κ1) is 25.7. The van der Waals surface area contributed by atoms with Gasteiger partial charge in [-0.2, -0.15) is 0 Å². The van der Waals surface area contributed by atoms with Gasteiger partial charge in [0, 0.05) is 18.3 Å². The highest BCUT2D eigenvalue weighted by atomic mass is 32.2. The van der Waals surface area contributed by atoms with E-state index < -0.39 is 0 Å². The second kappa shape index (κ2) is 12.5. The SMILES string of the molecule is COc1ccccc1-n1c(Cc2ccccc2)nnc1SCc1nc(C(=O)NCCc2ccccc2)cs1. The van der Waals surface area contributed by atoms with Crippen molar-refractivity contribution in [3.63, 3.8) is 0 Å². The normalized spacial score (nSPS) is 10.9. The van der Waals surface area contributed by atoms with E-state index in [0.29, 0.717) is 24.4 Å². The highest BCUT2D eigenvalue weighted by molar-refractivity contribution is 7.98. The van der Waals surface area contributed by atoms with Crippen LogP contribution in [0.2, 0.25) is 0 Å². The van der Waals surface area contributed by atoms with Gasteiger partial charge < -0.3 is 10.1 Å². The van der Waals surface area contributed by atoms with Gasteiger partial charge >= 0.3 is 0 Å². The molecule has 5 rings (SSSR count). The fraction of sp³-hybridized carbons (Fsp3) is 0.172. The molecule has 0 saturated heterocycles. The molecule has 0 saturated carbocycles. The second-order valence-electron chi connectivity index (χ2n) is 8.48. The number of rotatable bonds is 11. The summed E-state index contributed by atoms with van der Waals surface area (Å²) in [5.74, 6) is 1.98. The summed E-state index contributed by atoms with van der Waals surface area (Å²) in [4.78, 5) is 17.2. The average molecular weight is 542 g/mol. The lowest BCUT2D eigenvalue weighted by molar-refractivity contribution is 0.0949. The number of carbonyl (C=O) groups excluding carboxylic acids is 1. The van der Waals surface area contributed by atoms with Crippen LogP contribution in [-0.4, -0.2) is 39.3 Å². The summed E-state index contributed by atoms with van der Waals surface area (Å²) >= 11 is 3.01. The van der Waals surface area contributed by atoms with Crippen molar-refractivity contribution in [2.45, 2.75) is 23.8 Å². The van der Waals surface area contributed by atoms with Gasteiger partial charge in [0.25, 0.3) is 5.91 Å². The van der Waals surface area contributed by atoms with Crippen molar-refractivity contribution in [3.05, 3.63) is 118 Å². The maximum atomic E-state index is 12.6. The van der Waals surface area contributed by atoms with Crippen molar-refractivity contribution in [3.8, 4) is 11.4 Å². The Hall–Kier alpha value is -3.95. The third-order valence-electron chi connectivity index (χ3n) is 5.88. The molecule has 2 aromatic heterocycles. The molecule has 0 bridgehead atoms. The predicted molar refractivity (Wildman–Crippen MR) is 151 cm³/mol. The molecule has 0 unspecified atom stereocenters. The Morgan fingerprint density at radius 1 is 0.947 bits per heavy atom. The Labute approximate surface area is 229 Å². The zero-order valence-electron chi connectivity index (χ0n) is 20.9. The molecule has 0 fully saturated rings. The van der Waals surface area contributed by atoms with Gasteiger partial charge in [0.15, 0.2) is 5.16 Å². The van der Waals surface area contributed by atoms with Crippen LogP contribution in [0.15, 0.2) is 95.5 Å². The Kier molecular flexibility index (Phi) is 8.47. The van der Waals surface area contributed by atoms with Crippen LogP contribution in [0.5, 0.6) is 5.75 Å². The van der Waals surface area contributed by atoms with E-state index >= 15 is 0 Å². The maximum absolute atomic E-state index is 12.6. The fourth-order valence-corrected chi connectivity index (χ4v) is 5.76. The van der Waals surface area contributed by atoms with E-state index in [1.54, 1.807) is 12.5 Å². The lowest BCUT2D eigenvalue weighted by Crippen LogP contribution is -2.26. The number of aromatic nitrogens is 4. The summed E-state index contributed by atoms with van der Waals surface area (Å²) in [5, 5.41) is 15.4. The molecule has 3 aromatic carbocycles. The number of ether oxygens (including phenoxy) is 1. The third kappa shape index (κ3) is 6.30. The van der Waals surface area contributed by atoms with E-state index in [1.807, 2.05) is 65.2 Å². The van der Waals surface area contributed by atoms with E-state index in [1.165, 1.54) is 28.7 Å². The van der Waals surface area contributed by atoms with Gasteiger partial charge in [-0.05, 0) is 29.7 Å². The smallest absolute Gasteiger partial charge is 0.270 e. The van der Waals surface area contributed by atoms with Gasteiger partial charge in [0.1, 0.15) is 22.3 Å². The molecule has 2 heterocycles. The Morgan fingerprint density at radius 3 is 2.42 bits per heavy atom. The zero-order chi connectivity index (χ0) is 26.2. The van der Waals surface area contributed by atoms with Crippen LogP contribution < -0.4 is 10.1 Å². The van der Waals surface area contributed by atoms with Crippen LogP contribution in [0.4, 0.5) is 0 Å². The third-order valence-corrected chi connectivity index (χ3v) is 7.85. The molecule has 1 amide bonds. The van der Waals surface area contributed by atoms with Gasteiger partial charge in [-0.1, -0.05) is 84.6 Å². The van der Waals surface area contributed by atoms with Crippen LogP contribution in [0.25, 0.3) is 5.69 Å². The Morgan fingerprint density at radius 2 is 1.66 bits per heavy atom. The summed E-state index contributed by atoms with van der Waals surface area (Å²) in [7, 11) is 1.66. The van der Waals surface area contributed by atoms with Gasteiger partial charge in [0.2, 0.25) is 0 Å². The number of benzene rings is 3. The lowest BCUT2D eigenvalue weighted by Gasteiger charge is -2.13. The van der Waals surface area contributed by atoms with E-state index in [4.69, 9.17) is 4.74 Å². The second-order valence-corrected chi connectivity index (χ2v) is 10.4. The molecule has 0 aliphatic heterocycles. The van der Waals surface area contributed by atoms with Crippen LogP contribution in [0.3, 0.4) is 0 Å². The van der Waals surface area contributed by atoms with Crippen LogP contribution in [0, 0.1) is 0 Å². The fourth-order valence-electron chi connectivity index (χ4n) is 4.01. The zero-order valence-corrected chi connectivity index (χ0v) is 22.5. The van der Waals surface area contributed by atoms with Crippen molar-refractivity contribution in [2.75, 3.05) is 13.7 Å². The summed E-state index contributed by atoms with van der Waals surface area (Å²) in [6.07, 6.45) is 1.42. The van der Waals surface area contributed by atoms with Crippen molar-refractivity contribution in [1.82, 2.24) is 25.1 Å². The van der Waals surface area contributed by atoms with Crippen molar-refractivity contribution < 1.29 is 9.53 Å². The predicted octanol–water partition coefficient (Wildman–Crippen LogP) is 5.59. The molecule has 9 heteroatoms. The minimum Gasteiger partial charge on any atom is -0.495 e. The number of nitrogens with zero attached hydrogens (tertiary/aromatic N) is 4. The molecule has 0 aliphatic rings. The molecule has 5 aromatic rings. The highest BCUT2D eigenvalue weighted by Crippen LogP contribution is 2.31. The first-order chi connectivity index (χ1) is 18.7. The Bertz CT molecular complexity index is 1490. The van der Waals surface area contributed by atoms with Gasteiger partial charge in [-0.3, -0.25) is 9.36 Å². The molecular formula is C29H27N5O2S2. The van der Waals surface area contributed by atoms with Gasteiger partial charge in [0.05, 0.1) is 18.6 Å². The molecular weight excluding hydrogens is 514 g/mol. The summed E-state index contributed by atoms with van der Waals surface area (Å²) in [5.41, 5.74) is 3.66. The van der Waals surface area contributed by atoms with E-state index in [9.17, 15) is 4.79 Å². The summed E-state index contributed by atoms with van der Waals surface area (Å²) < 4.78 is 7.68. The van der Waals surface area contributed by atoms with Gasteiger partial charge in [-0.25, -0.2) is 4.98 Å². The van der Waals surface area contributed by atoms with E-state index in [2.05, 4.69) is 44.8 Å². The number of amides is 1. The number of thiazole rings is 1. The highest BCUT2D eigenvalue weighted by Gasteiger charge is 2.19. The van der Waals surface area contributed by atoms with E-state index in [0.717, 1.165) is 39.4 Å². The van der Waals surface area contributed by atoms with Gasteiger partial charge in [-0.15, -0.1) is 21.5 Å². The number of hydrogen-bond donors (Lipinski definition) is 1. The first-order valence-corrected chi connectivity index (χ1v) is 14.1. The maximum Gasteiger partial charge on any atom is 0.270 e. The number of hydrogen-bond acceptors (Lipinski definition) is 7. The van der Waals surface area contributed by atoms with Crippen LogP contribution >= 0.6 is 23.1 Å². The van der Waals surface area contributed by atoms with Crippen molar-refractivity contribution in [1.29, 1.82) is 0 Å². The summed E-state index contributed by atoms with van der Waals surface area (Å²) in [6, 6.07) is 28.1. The molecule has 192 valence electrons. The van der Waals surface area contributed by atoms with Crippen LogP contribution in [-0.2, 0) is 18.6 Å². The number of thioether (sulfide) groups is 1. The minimum absolute atomic E-state index is 0.157. The molecule has 0 aliphatic carbocycles. The van der Waals surface area contributed by atoms with E-state index in [-0.39, 0.29) is 5.91 Å². The molecule has 0 spiro atoms. The number of para-hydroxylation sites is 2. The molecule has 38 heavy (non-hydrogen) atoms. The Balaban J connectivity index is 1.29. The molecule has 0 radical (unpaired) electrons. The molecule has 1 N–H and O–H groups in total. The monoisotopic (exact) mass is 541 g/mol. The molecule has 7 nitrogen and oxygen atoms in total. The van der Waals surface area contributed by atoms with Crippen LogP contribution in [0.1, 0.15) is 32.4 Å². The van der Waals surface area contributed by atoms with Crippen molar-refractivity contribution >= 4 is 29.0 Å². The number of methoxy groups -OCH3 is 1. The van der Waals surface area contributed by atoms with Crippen molar-refractivity contribution in [2.24, 2.45) is 0 Å². The lowest BCUT2D eigenvalue weighted by atomic mass is 10.1. The number of nitrogens with one attached hydrogen (secondary N) is 1. The number of carbonyl (C=O) groups is 1. The summed E-state index contributed by atoms with van der Waals surface area (Å²) in [6.45, 7) is 0.566. The standard InChI is InChI=1S/C29H27N5O2S2/c1-36-25-15-9-8-14-24(25)34-26(18-22-12-6-3-7-13-22)32-33-29(34)38-20-27-31-23(19-37-27)28(35)30-17-16-21-10-4-2-5-11-21/h2-15,19H,16-18,20H2,1H3,(H,30,35). The quantitative estimate of drug-likeness (QED) is 0.220. The largest absolute Gasteiger partial charge is 0.495 e. The topological polar surface area (TPSA) is 81.9 Å². The first-order valence-electron chi connectivity index (χ1n) is 12.2. The average Bonchev–Trinajstić information content (AvgIpc) is 3.60.